The van der Waals surface area contributed by atoms with Crippen LogP contribution < -0.4 is 4.74 Å². The molecule has 2 heterocycles. The van der Waals surface area contributed by atoms with Crippen molar-refractivity contribution in [1.82, 2.24) is 9.97 Å². The molecule has 5 heteroatoms. The first-order chi connectivity index (χ1) is 13.3. The number of nitrogens with one attached hydrogen (secondary N) is 1. The van der Waals surface area contributed by atoms with E-state index in [1.54, 1.807) is 19.4 Å². The molecule has 4 rings (SSSR count). The Labute approximate surface area is 164 Å². The van der Waals surface area contributed by atoms with Crippen molar-refractivity contribution in [3.8, 4) is 5.75 Å². The lowest BCUT2D eigenvalue weighted by Gasteiger charge is -2.37. The Morgan fingerprint density at radius 3 is 2.71 bits per heavy atom. The number of ether oxygens (including phenoxy) is 1. The molecule has 0 saturated heterocycles. The standard InChI is InChI=1S/C23H27FN2O2/c1-22(2,19-11-17(24)6-7-21(19)28-3)14-23(27,16-4-5-16)12-18-10-15-13-25-9-8-20(15)26-18/h6-11,13,16,26-27H,4-5,12,14H2,1-3H3. The van der Waals surface area contributed by atoms with Crippen LogP contribution in [0.15, 0.2) is 42.7 Å². The van der Waals surface area contributed by atoms with E-state index in [2.05, 4.69) is 16.0 Å². The number of fused-ring (bicyclic) bond motifs is 1. The molecule has 4 nitrogen and oxygen atoms in total. The predicted molar refractivity (Wildman–Crippen MR) is 108 cm³/mol. The molecule has 2 N–H and O–H groups in total. The van der Waals surface area contributed by atoms with Gasteiger partial charge in [-0.15, -0.1) is 0 Å². The molecule has 1 unspecified atom stereocenters. The quantitative estimate of drug-likeness (QED) is 0.619. The molecule has 28 heavy (non-hydrogen) atoms. The van der Waals surface area contributed by atoms with Crippen molar-refractivity contribution in [3.05, 3.63) is 59.8 Å². The molecule has 0 radical (unpaired) electrons. The van der Waals surface area contributed by atoms with Crippen molar-refractivity contribution in [2.45, 2.75) is 50.5 Å². The summed E-state index contributed by atoms with van der Waals surface area (Å²) >= 11 is 0. The van der Waals surface area contributed by atoms with Crippen LogP contribution in [-0.4, -0.2) is 27.8 Å². The number of rotatable bonds is 7. The van der Waals surface area contributed by atoms with E-state index in [-0.39, 0.29) is 11.7 Å². The molecule has 1 atom stereocenters. The van der Waals surface area contributed by atoms with Gasteiger partial charge < -0.3 is 14.8 Å². The molecule has 1 saturated carbocycles. The zero-order valence-electron chi connectivity index (χ0n) is 16.6. The van der Waals surface area contributed by atoms with E-state index in [1.165, 1.54) is 12.1 Å². The average molecular weight is 382 g/mol. The normalized spacial score (nSPS) is 16.9. The first-order valence-electron chi connectivity index (χ1n) is 9.79. The summed E-state index contributed by atoms with van der Waals surface area (Å²) in [7, 11) is 1.60. The summed E-state index contributed by atoms with van der Waals surface area (Å²) in [5, 5.41) is 12.7. The van der Waals surface area contributed by atoms with Gasteiger partial charge in [-0.3, -0.25) is 4.98 Å². The second kappa shape index (κ2) is 6.89. The molecule has 1 fully saturated rings. The molecule has 0 bridgehead atoms. The summed E-state index contributed by atoms with van der Waals surface area (Å²) < 4.78 is 19.4. The SMILES string of the molecule is COc1ccc(F)cc1C(C)(C)CC(O)(Cc1cc2cnccc2[nH]1)C1CC1. The van der Waals surface area contributed by atoms with E-state index >= 15 is 0 Å². The molecule has 148 valence electrons. The number of hydrogen-bond acceptors (Lipinski definition) is 3. The first-order valence-corrected chi connectivity index (χ1v) is 9.79. The Morgan fingerprint density at radius 2 is 2.04 bits per heavy atom. The van der Waals surface area contributed by atoms with Crippen LogP contribution in [0.3, 0.4) is 0 Å². The summed E-state index contributed by atoms with van der Waals surface area (Å²) in [6, 6.07) is 8.60. The zero-order valence-corrected chi connectivity index (χ0v) is 16.6. The summed E-state index contributed by atoms with van der Waals surface area (Å²) in [6.45, 7) is 4.10. The van der Waals surface area contributed by atoms with Crippen molar-refractivity contribution in [2.75, 3.05) is 7.11 Å². The highest BCUT2D eigenvalue weighted by molar-refractivity contribution is 5.79. The minimum absolute atomic E-state index is 0.260. The van der Waals surface area contributed by atoms with Crippen molar-refractivity contribution >= 4 is 10.9 Å². The Bertz CT molecular complexity index is 960. The minimum Gasteiger partial charge on any atom is -0.496 e. The van der Waals surface area contributed by atoms with Crippen molar-refractivity contribution in [3.63, 3.8) is 0 Å². The van der Waals surface area contributed by atoms with Gasteiger partial charge in [0.1, 0.15) is 11.6 Å². The number of nitrogens with zero attached hydrogens (tertiary/aromatic N) is 1. The highest BCUT2D eigenvalue weighted by atomic mass is 19.1. The summed E-state index contributed by atoms with van der Waals surface area (Å²) in [5.41, 5.74) is 1.50. The second-order valence-electron chi connectivity index (χ2n) is 8.72. The van der Waals surface area contributed by atoms with E-state index < -0.39 is 11.0 Å². The van der Waals surface area contributed by atoms with Crippen LogP contribution in [0, 0.1) is 11.7 Å². The van der Waals surface area contributed by atoms with E-state index in [1.807, 2.05) is 26.1 Å². The van der Waals surface area contributed by atoms with Gasteiger partial charge in [0, 0.05) is 41.0 Å². The van der Waals surface area contributed by atoms with Gasteiger partial charge in [0.25, 0.3) is 0 Å². The van der Waals surface area contributed by atoms with Gasteiger partial charge in [-0.05, 0) is 60.9 Å². The maximum atomic E-state index is 14.0. The number of methoxy groups -OCH3 is 1. The molecule has 2 aromatic heterocycles. The van der Waals surface area contributed by atoms with Gasteiger partial charge in [0.15, 0.2) is 0 Å². The first kappa shape index (κ1) is 18.9. The highest BCUT2D eigenvalue weighted by Gasteiger charge is 2.47. The number of H-pyrrole nitrogens is 1. The predicted octanol–water partition coefficient (Wildman–Crippen LogP) is 4.76. The molecule has 0 spiro atoms. The van der Waals surface area contributed by atoms with Crippen LogP contribution in [0.4, 0.5) is 4.39 Å². The van der Waals surface area contributed by atoms with Crippen LogP contribution in [0.5, 0.6) is 5.75 Å². The fourth-order valence-electron chi connectivity index (χ4n) is 4.50. The Balaban J connectivity index is 1.65. The van der Waals surface area contributed by atoms with Crippen LogP contribution in [0.25, 0.3) is 10.9 Å². The number of aromatic nitrogens is 2. The van der Waals surface area contributed by atoms with Crippen molar-refractivity contribution < 1.29 is 14.2 Å². The molecule has 1 aromatic carbocycles. The molecule has 0 aliphatic heterocycles. The van der Waals surface area contributed by atoms with Gasteiger partial charge in [-0.1, -0.05) is 13.8 Å². The number of halogens is 1. The lowest BCUT2D eigenvalue weighted by molar-refractivity contribution is -0.00893. The summed E-state index contributed by atoms with van der Waals surface area (Å²) in [6.07, 6.45) is 6.69. The number of pyridine rings is 1. The Kier molecular flexibility index (Phi) is 4.66. The van der Waals surface area contributed by atoms with Crippen LogP contribution >= 0.6 is 0 Å². The van der Waals surface area contributed by atoms with Crippen molar-refractivity contribution in [1.29, 1.82) is 0 Å². The van der Waals surface area contributed by atoms with Crippen LogP contribution in [0.2, 0.25) is 0 Å². The van der Waals surface area contributed by atoms with Gasteiger partial charge in [0.2, 0.25) is 0 Å². The van der Waals surface area contributed by atoms with E-state index in [4.69, 9.17) is 4.74 Å². The number of aliphatic hydroxyl groups is 1. The van der Waals surface area contributed by atoms with Crippen molar-refractivity contribution in [2.24, 2.45) is 5.92 Å². The lowest BCUT2D eigenvalue weighted by Crippen LogP contribution is -2.41. The largest absolute Gasteiger partial charge is 0.496 e. The molecular formula is C23H27FN2O2. The fourth-order valence-corrected chi connectivity index (χ4v) is 4.50. The van der Waals surface area contributed by atoms with E-state index in [0.29, 0.717) is 18.6 Å². The third-order valence-electron chi connectivity index (χ3n) is 5.95. The van der Waals surface area contributed by atoms with E-state index in [9.17, 15) is 9.50 Å². The maximum absolute atomic E-state index is 14.0. The molecule has 1 aliphatic rings. The Hall–Kier alpha value is -2.40. The van der Waals surface area contributed by atoms with Gasteiger partial charge in [0.05, 0.1) is 12.7 Å². The van der Waals surface area contributed by atoms with Gasteiger partial charge in [-0.25, -0.2) is 4.39 Å². The van der Waals surface area contributed by atoms with E-state index in [0.717, 1.165) is 35.0 Å². The maximum Gasteiger partial charge on any atom is 0.123 e. The highest BCUT2D eigenvalue weighted by Crippen LogP contribution is 2.48. The lowest BCUT2D eigenvalue weighted by atomic mass is 9.71. The van der Waals surface area contributed by atoms with Crippen LogP contribution in [0.1, 0.15) is 44.4 Å². The third-order valence-corrected chi connectivity index (χ3v) is 5.95. The third kappa shape index (κ3) is 3.63. The summed E-state index contributed by atoms with van der Waals surface area (Å²) in [4.78, 5) is 7.57. The number of benzene rings is 1. The smallest absolute Gasteiger partial charge is 0.123 e. The number of hydrogen-bond donors (Lipinski definition) is 2. The monoisotopic (exact) mass is 382 g/mol. The Morgan fingerprint density at radius 1 is 1.25 bits per heavy atom. The second-order valence-corrected chi connectivity index (χ2v) is 8.72. The average Bonchev–Trinajstić information content (AvgIpc) is 3.43. The van der Waals surface area contributed by atoms with Gasteiger partial charge in [-0.2, -0.15) is 0 Å². The molecule has 1 aliphatic carbocycles. The minimum atomic E-state index is -0.866. The number of aromatic amines is 1. The topological polar surface area (TPSA) is 58.1 Å². The molecule has 0 amide bonds. The zero-order chi connectivity index (χ0) is 19.9. The molecule has 3 aromatic rings. The fraction of sp³-hybridized carbons (Fsp3) is 0.435. The van der Waals surface area contributed by atoms with Gasteiger partial charge >= 0.3 is 0 Å². The summed E-state index contributed by atoms with van der Waals surface area (Å²) in [5.74, 6) is 0.624. The molecular weight excluding hydrogens is 355 g/mol. The van der Waals surface area contributed by atoms with Crippen LogP contribution in [-0.2, 0) is 11.8 Å².